The Morgan fingerprint density at radius 1 is 0.432 bits per heavy atom. The van der Waals surface area contributed by atoms with Crippen LogP contribution in [0.15, 0.2) is 148 Å². The van der Waals surface area contributed by atoms with Crippen LogP contribution in [0.5, 0.6) is 0 Å². The molecule has 0 aliphatic carbocycles. The fourth-order valence-corrected chi connectivity index (χ4v) is 5.59. The largest absolute Gasteiger partial charge is 0.456 e. The number of nitrogens with zero attached hydrogens (tertiary/aromatic N) is 3. The predicted octanol–water partition coefficient (Wildman–Crippen LogP) is 10.3. The van der Waals surface area contributed by atoms with Crippen LogP contribution in [0.2, 0.25) is 0 Å². The van der Waals surface area contributed by atoms with Crippen molar-refractivity contribution in [3.63, 3.8) is 0 Å². The van der Waals surface area contributed by atoms with Crippen molar-refractivity contribution in [3.05, 3.63) is 139 Å². The average molecular weight is 573 g/mol. The summed E-state index contributed by atoms with van der Waals surface area (Å²) >= 11 is 0. The Hall–Kier alpha value is -6.07. The molecular formula is C39H23N3O2. The van der Waals surface area contributed by atoms with Crippen LogP contribution >= 0.6 is 0 Å². The Labute approximate surface area is 261 Å². The number of hydrogen-bond donors (Lipinski definition) is 0. The Morgan fingerprint density at radius 3 is 1.82 bits per heavy atom. The van der Waals surface area contributed by atoms with Gasteiger partial charge < -0.3 is 8.83 Å². The van der Waals surface area contributed by atoms with Crippen LogP contribution in [0.3, 0.4) is 0 Å². The Bertz CT molecular complexity index is 2830. The molecule has 0 N–H and O–H groups in total. The van der Waals surface area contributed by atoms with Gasteiger partial charge in [0.05, 0.1) is 9.60 Å². The number of aromatic nitrogens is 3. The van der Waals surface area contributed by atoms with Crippen LogP contribution in [0.1, 0.15) is 9.60 Å². The molecule has 0 spiro atoms. The van der Waals surface area contributed by atoms with Gasteiger partial charge in [-0.3, -0.25) is 0 Å². The Kier molecular flexibility index (Phi) is 4.09. The molecule has 9 rings (SSSR count). The lowest BCUT2D eigenvalue weighted by atomic mass is 9.98. The van der Waals surface area contributed by atoms with Crippen molar-refractivity contribution < 1.29 is 18.4 Å². The fourth-order valence-electron chi connectivity index (χ4n) is 5.59. The molecule has 0 bridgehead atoms. The van der Waals surface area contributed by atoms with Gasteiger partial charge in [-0.05, 0) is 47.5 Å². The van der Waals surface area contributed by atoms with Gasteiger partial charge in [-0.25, -0.2) is 15.0 Å². The quantitative estimate of drug-likeness (QED) is 0.210. The molecule has 5 heteroatoms. The highest BCUT2D eigenvalue weighted by Crippen LogP contribution is 2.39. The Balaban J connectivity index is 1.23. The third-order valence-electron chi connectivity index (χ3n) is 7.67. The van der Waals surface area contributed by atoms with Crippen LogP contribution in [0.25, 0.3) is 89.2 Å². The maximum Gasteiger partial charge on any atom is 0.164 e. The van der Waals surface area contributed by atoms with E-state index in [0.717, 1.165) is 27.5 Å². The van der Waals surface area contributed by atoms with Gasteiger partial charge in [-0.2, -0.15) is 0 Å². The lowest BCUT2D eigenvalue weighted by Crippen LogP contribution is -2.00. The lowest BCUT2D eigenvalue weighted by molar-refractivity contribution is 0.669. The van der Waals surface area contributed by atoms with Crippen molar-refractivity contribution in [2.75, 3.05) is 0 Å². The lowest BCUT2D eigenvalue weighted by Gasteiger charge is -2.08. The van der Waals surface area contributed by atoms with E-state index >= 15 is 0 Å². The topological polar surface area (TPSA) is 65.0 Å². The van der Waals surface area contributed by atoms with Crippen molar-refractivity contribution in [1.82, 2.24) is 15.0 Å². The summed E-state index contributed by atoms with van der Waals surface area (Å²) in [6, 6.07) is 27.8. The number of hydrogen-bond acceptors (Lipinski definition) is 5. The summed E-state index contributed by atoms with van der Waals surface area (Å²) in [6.07, 6.45) is 0. The zero-order valence-electron chi connectivity index (χ0n) is 29.9. The molecule has 206 valence electrons. The summed E-state index contributed by atoms with van der Waals surface area (Å²) in [4.78, 5) is 14.4. The molecule has 0 amide bonds. The molecule has 3 aromatic heterocycles. The first kappa shape index (κ1) is 18.5. The first-order chi connectivity index (χ1) is 24.7. The number of benzene rings is 6. The molecule has 0 saturated heterocycles. The van der Waals surface area contributed by atoms with Crippen molar-refractivity contribution >= 4 is 43.9 Å². The minimum atomic E-state index is -0.466. The maximum absolute atomic E-state index is 8.92. The van der Waals surface area contributed by atoms with Crippen molar-refractivity contribution in [3.8, 4) is 45.3 Å². The third kappa shape index (κ3) is 3.98. The summed E-state index contributed by atoms with van der Waals surface area (Å²) < 4.78 is 71.7. The summed E-state index contributed by atoms with van der Waals surface area (Å²) in [5, 5.41) is 1.76. The molecule has 5 nitrogen and oxygen atoms in total. The number of furan rings is 2. The molecule has 0 radical (unpaired) electrons. The Morgan fingerprint density at radius 2 is 1.07 bits per heavy atom. The van der Waals surface area contributed by atoms with Crippen LogP contribution < -0.4 is 0 Å². The maximum atomic E-state index is 8.92. The second kappa shape index (κ2) is 9.75. The molecule has 3 heterocycles. The van der Waals surface area contributed by atoms with Gasteiger partial charge in [0.2, 0.25) is 0 Å². The fraction of sp³-hybridized carbons (Fsp3) is 0. The van der Waals surface area contributed by atoms with Gasteiger partial charge in [0, 0.05) is 38.2 Å². The van der Waals surface area contributed by atoms with E-state index in [0.29, 0.717) is 34.2 Å². The average Bonchev–Trinajstić information content (AvgIpc) is 3.75. The highest BCUT2D eigenvalue weighted by atomic mass is 16.3. The number of fused-ring (bicyclic) bond motifs is 6. The minimum absolute atomic E-state index is 0.0666. The van der Waals surface area contributed by atoms with Crippen LogP contribution in [0, 0.1) is 0 Å². The van der Waals surface area contributed by atoms with Crippen molar-refractivity contribution in [1.29, 1.82) is 0 Å². The van der Waals surface area contributed by atoms with Crippen LogP contribution in [0.4, 0.5) is 0 Å². The minimum Gasteiger partial charge on any atom is -0.456 e. The molecule has 6 aromatic carbocycles. The summed E-state index contributed by atoms with van der Waals surface area (Å²) in [5.74, 6) is 1.55. The summed E-state index contributed by atoms with van der Waals surface area (Å²) in [6.45, 7) is 0. The third-order valence-corrected chi connectivity index (χ3v) is 7.67. The normalized spacial score (nSPS) is 13.9. The molecule has 9 aromatic rings. The van der Waals surface area contributed by atoms with Crippen molar-refractivity contribution in [2.24, 2.45) is 0 Å². The molecule has 0 aliphatic rings. The number of para-hydroxylation sites is 1. The zero-order chi connectivity index (χ0) is 35.1. The molecule has 0 unspecified atom stereocenters. The summed E-state index contributed by atoms with van der Waals surface area (Å²) in [5.41, 5.74) is 4.12. The van der Waals surface area contributed by atoms with Crippen molar-refractivity contribution in [2.45, 2.75) is 0 Å². The smallest absolute Gasteiger partial charge is 0.164 e. The highest BCUT2D eigenvalue weighted by molar-refractivity contribution is 6.14. The van der Waals surface area contributed by atoms with Gasteiger partial charge in [0.25, 0.3) is 0 Å². The van der Waals surface area contributed by atoms with Crippen LogP contribution in [-0.4, -0.2) is 15.0 Å². The van der Waals surface area contributed by atoms with Gasteiger partial charge in [-0.1, -0.05) is 103 Å². The van der Waals surface area contributed by atoms with Crippen LogP contribution in [-0.2, 0) is 0 Å². The van der Waals surface area contributed by atoms with E-state index in [1.807, 2.05) is 84.9 Å². The van der Waals surface area contributed by atoms with E-state index < -0.39 is 12.1 Å². The zero-order valence-corrected chi connectivity index (χ0v) is 22.9. The molecular weight excluding hydrogens is 542 g/mol. The second-order valence-corrected chi connectivity index (χ2v) is 10.3. The van der Waals surface area contributed by atoms with Gasteiger partial charge in [0.1, 0.15) is 22.3 Å². The number of rotatable bonds is 4. The van der Waals surface area contributed by atoms with Gasteiger partial charge >= 0.3 is 0 Å². The van der Waals surface area contributed by atoms with E-state index in [9.17, 15) is 0 Å². The molecule has 0 fully saturated rings. The molecule has 44 heavy (non-hydrogen) atoms. The molecule has 0 atom stereocenters. The SMILES string of the molecule is [2H]c1c([2H])c([2H])c2c(oc3c([2H])c([2H])c([2H])c(-c4ccc5oc6cc(-c7nc(-c8ccccc8)nc(-c8ccccc8)n7)ccc6c5c4)c32)c1[2H]. The monoisotopic (exact) mass is 572 g/mol. The molecule has 0 saturated carbocycles. The first-order valence-electron chi connectivity index (χ1n) is 17.5. The highest BCUT2D eigenvalue weighted by Gasteiger charge is 2.16. The van der Waals surface area contributed by atoms with Gasteiger partial charge in [-0.15, -0.1) is 0 Å². The second-order valence-electron chi connectivity index (χ2n) is 10.3. The van der Waals surface area contributed by atoms with E-state index in [1.165, 1.54) is 0 Å². The predicted molar refractivity (Wildman–Crippen MR) is 176 cm³/mol. The van der Waals surface area contributed by atoms with E-state index in [2.05, 4.69) is 0 Å². The van der Waals surface area contributed by atoms with E-state index in [-0.39, 0.29) is 57.7 Å². The standard InChI is InChI=1S/C39H23N3O2/c1-3-10-24(11-4-1)37-40-38(25-12-5-2-6-13-25)42-39(41-37)27-18-20-29-31-22-26(19-21-33(31)44-35(29)23-27)28-15-9-17-34-36(28)30-14-7-8-16-32(30)43-34/h1-23H/i7D,8D,9D,14D,15D,16D,17D. The van der Waals surface area contributed by atoms with E-state index in [4.69, 9.17) is 33.4 Å². The van der Waals surface area contributed by atoms with Gasteiger partial charge in [0.15, 0.2) is 17.5 Å². The molecule has 0 aliphatic heterocycles. The first-order valence-corrected chi connectivity index (χ1v) is 14.0. The van der Waals surface area contributed by atoms with E-state index in [1.54, 1.807) is 12.1 Å². The summed E-state index contributed by atoms with van der Waals surface area (Å²) in [7, 11) is 0.